The Balaban J connectivity index is 1.59. The Bertz CT molecular complexity index is 1140. The van der Waals surface area contributed by atoms with Crippen molar-refractivity contribution in [2.45, 2.75) is 31.5 Å². The van der Waals surface area contributed by atoms with Gasteiger partial charge < -0.3 is 15.2 Å². The number of nitrogens with one attached hydrogen (secondary N) is 2. The summed E-state index contributed by atoms with van der Waals surface area (Å²) in [6.07, 6.45) is 0.777. The van der Waals surface area contributed by atoms with Gasteiger partial charge in [-0.25, -0.2) is 0 Å². The first-order valence-electron chi connectivity index (χ1n) is 10.8. The van der Waals surface area contributed by atoms with E-state index in [9.17, 15) is 9.59 Å². The minimum absolute atomic E-state index is 0.0389. The van der Waals surface area contributed by atoms with Gasteiger partial charge in [-0.2, -0.15) is 0 Å². The Morgan fingerprint density at radius 2 is 1.82 bits per heavy atom. The van der Waals surface area contributed by atoms with E-state index < -0.39 is 6.04 Å². The second kappa shape index (κ2) is 12.2. The highest BCUT2D eigenvalue weighted by molar-refractivity contribution is 7.99. The van der Waals surface area contributed by atoms with Gasteiger partial charge in [0.15, 0.2) is 11.0 Å². The lowest BCUT2D eigenvalue weighted by atomic mass is 10.0. The zero-order chi connectivity index (χ0) is 24.7. The van der Waals surface area contributed by atoms with E-state index in [1.165, 1.54) is 23.4 Å². The third-order valence-electron chi connectivity index (χ3n) is 5.19. The Labute approximate surface area is 213 Å². The molecule has 0 aliphatic carbocycles. The predicted octanol–water partition coefficient (Wildman–Crippen LogP) is 4.70. The van der Waals surface area contributed by atoms with Crippen LogP contribution in [0.25, 0.3) is 0 Å². The van der Waals surface area contributed by atoms with E-state index >= 15 is 0 Å². The fourth-order valence-electron chi connectivity index (χ4n) is 3.32. The molecule has 3 aromatic rings. The molecule has 0 spiro atoms. The van der Waals surface area contributed by atoms with Crippen molar-refractivity contribution < 1.29 is 9.59 Å². The van der Waals surface area contributed by atoms with Crippen molar-refractivity contribution in [1.29, 1.82) is 0 Å². The topological polar surface area (TPSA) is 88.9 Å². The standard InChI is InChI=1S/C24H27Cl2N5O2S/c1-15(2)21(28-23(33)18-10-9-17(25)13-19(18)26)22-29-30-24(31(22)3)34-14-20(32)27-12-11-16-7-5-4-6-8-16/h4-10,13,15,21H,11-12,14H2,1-3H3,(H,27,32)(H,28,33)/t21-/m0/s1. The molecule has 7 nitrogen and oxygen atoms in total. The fraction of sp³-hybridized carbons (Fsp3) is 0.333. The molecule has 0 saturated heterocycles. The molecular formula is C24H27Cl2N5O2S. The zero-order valence-corrected chi connectivity index (χ0v) is 21.5. The molecule has 180 valence electrons. The highest BCUT2D eigenvalue weighted by Crippen LogP contribution is 2.26. The number of hydrogen-bond acceptors (Lipinski definition) is 5. The van der Waals surface area contributed by atoms with Gasteiger partial charge in [0.1, 0.15) is 0 Å². The quantitative estimate of drug-likeness (QED) is 0.379. The van der Waals surface area contributed by atoms with Crippen LogP contribution in [0.5, 0.6) is 0 Å². The van der Waals surface area contributed by atoms with Gasteiger partial charge >= 0.3 is 0 Å². The first kappa shape index (κ1) is 26.1. The summed E-state index contributed by atoms with van der Waals surface area (Å²) in [4.78, 5) is 25.1. The predicted molar refractivity (Wildman–Crippen MR) is 136 cm³/mol. The molecule has 0 aliphatic heterocycles. The third-order valence-corrected chi connectivity index (χ3v) is 6.75. The first-order valence-corrected chi connectivity index (χ1v) is 12.6. The number of halogens is 2. The average molecular weight is 520 g/mol. The maximum absolute atomic E-state index is 12.8. The van der Waals surface area contributed by atoms with Crippen LogP contribution in [-0.4, -0.2) is 38.9 Å². The number of aromatic nitrogens is 3. The van der Waals surface area contributed by atoms with Crippen molar-refractivity contribution >= 4 is 46.8 Å². The smallest absolute Gasteiger partial charge is 0.253 e. The van der Waals surface area contributed by atoms with Crippen LogP contribution in [0.3, 0.4) is 0 Å². The van der Waals surface area contributed by atoms with Crippen LogP contribution in [0.15, 0.2) is 53.7 Å². The maximum Gasteiger partial charge on any atom is 0.253 e. The van der Waals surface area contributed by atoms with Crippen molar-refractivity contribution in [3.63, 3.8) is 0 Å². The molecule has 34 heavy (non-hydrogen) atoms. The molecule has 0 fully saturated rings. The minimum atomic E-state index is -0.397. The van der Waals surface area contributed by atoms with Crippen LogP contribution in [-0.2, 0) is 18.3 Å². The molecule has 10 heteroatoms. The highest BCUT2D eigenvalue weighted by Gasteiger charge is 2.26. The zero-order valence-electron chi connectivity index (χ0n) is 19.2. The summed E-state index contributed by atoms with van der Waals surface area (Å²) in [6.45, 7) is 4.54. The molecular weight excluding hydrogens is 493 g/mol. The van der Waals surface area contributed by atoms with Gasteiger partial charge in [-0.3, -0.25) is 9.59 Å². The molecule has 1 heterocycles. The van der Waals surface area contributed by atoms with E-state index in [-0.39, 0.29) is 28.5 Å². The van der Waals surface area contributed by atoms with E-state index in [0.29, 0.717) is 28.1 Å². The molecule has 0 radical (unpaired) electrons. The van der Waals surface area contributed by atoms with Crippen LogP contribution in [0.2, 0.25) is 10.0 Å². The monoisotopic (exact) mass is 519 g/mol. The lowest BCUT2D eigenvalue weighted by Crippen LogP contribution is -2.33. The van der Waals surface area contributed by atoms with Crippen molar-refractivity contribution in [2.24, 2.45) is 13.0 Å². The first-order chi connectivity index (χ1) is 16.3. The van der Waals surface area contributed by atoms with Crippen LogP contribution < -0.4 is 10.6 Å². The summed E-state index contributed by atoms with van der Waals surface area (Å²) in [5, 5.41) is 15.8. The number of nitrogens with zero attached hydrogens (tertiary/aromatic N) is 3. The molecule has 3 rings (SSSR count). The number of benzene rings is 2. The van der Waals surface area contributed by atoms with E-state index in [1.54, 1.807) is 16.7 Å². The van der Waals surface area contributed by atoms with Crippen LogP contribution in [0.1, 0.15) is 41.6 Å². The summed E-state index contributed by atoms with van der Waals surface area (Å²) >= 11 is 13.4. The van der Waals surface area contributed by atoms with Gasteiger partial charge in [-0.05, 0) is 36.1 Å². The Morgan fingerprint density at radius 1 is 1.09 bits per heavy atom. The summed E-state index contributed by atoms with van der Waals surface area (Å²) in [6, 6.07) is 14.3. The van der Waals surface area contributed by atoms with E-state index in [0.717, 1.165) is 6.42 Å². The Hall–Kier alpha value is -2.55. The largest absolute Gasteiger partial charge is 0.355 e. The number of rotatable bonds is 10. The lowest BCUT2D eigenvalue weighted by molar-refractivity contribution is -0.118. The van der Waals surface area contributed by atoms with Gasteiger partial charge in [-0.15, -0.1) is 10.2 Å². The molecule has 0 bridgehead atoms. The van der Waals surface area contributed by atoms with Gasteiger partial charge in [-0.1, -0.05) is 79.1 Å². The SMILES string of the molecule is CC(C)[C@H](NC(=O)c1ccc(Cl)cc1Cl)c1nnc(SCC(=O)NCCc2ccccc2)n1C. The van der Waals surface area contributed by atoms with E-state index in [4.69, 9.17) is 23.2 Å². The highest BCUT2D eigenvalue weighted by atomic mass is 35.5. The summed E-state index contributed by atoms with van der Waals surface area (Å²) < 4.78 is 1.80. The molecule has 2 amide bonds. The van der Waals surface area contributed by atoms with Gasteiger partial charge in [0.25, 0.3) is 5.91 Å². The normalized spacial score (nSPS) is 11.9. The summed E-state index contributed by atoms with van der Waals surface area (Å²) in [5.41, 5.74) is 1.51. The summed E-state index contributed by atoms with van der Waals surface area (Å²) in [5.74, 6) is 0.462. The van der Waals surface area contributed by atoms with Crippen molar-refractivity contribution in [2.75, 3.05) is 12.3 Å². The number of hydrogen-bond donors (Lipinski definition) is 2. The van der Waals surface area contributed by atoms with Gasteiger partial charge in [0, 0.05) is 18.6 Å². The number of carbonyl (C=O) groups is 2. The fourth-order valence-corrected chi connectivity index (χ4v) is 4.56. The molecule has 1 aromatic heterocycles. The second-order valence-corrected chi connectivity index (χ2v) is 9.88. The molecule has 0 aliphatic rings. The minimum Gasteiger partial charge on any atom is -0.355 e. The molecule has 1 atom stereocenters. The molecule has 2 N–H and O–H groups in total. The Morgan fingerprint density at radius 3 is 2.50 bits per heavy atom. The molecule has 0 unspecified atom stereocenters. The molecule has 2 aromatic carbocycles. The average Bonchev–Trinajstić information content (AvgIpc) is 3.16. The van der Waals surface area contributed by atoms with Crippen molar-refractivity contribution in [3.05, 3.63) is 75.5 Å². The van der Waals surface area contributed by atoms with Gasteiger partial charge in [0.2, 0.25) is 5.91 Å². The van der Waals surface area contributed by atoms with Crippen LogP contribution >= 0.6 is 35.0 Å². The van der Waals surface area contributed by atoms with Crippen LogP contribution in [0, 0.1) is 5.92 Å². The number of carbonyl (C=O) groups excluding carboxylic acids is 2. The van der Waals surface area contributed by atoms with E-state index in [2.05, 4.69) is 20.8 Å². The molecule has 0 saturated carbocycles. The second-order valence-electron chi connectivity index (χ2n) is 8.09. The van der Waals surface area contributed by atoms with Crippen molar-refractivity contribution in [1.82, 2.24) is 25.4 Å². The van der Waals surface area contributed by atoms with E-state index in [1.807, 2.05) is 51.2 Å². The summed E-state index contributed by atoms with van der Waals surface area (Å²) in [7, 11) is 1.82. The maximum atomic E-state index is 12.8. The third kappa shape index (κ3) is 6.98. The number of thioether (sulfide) groups is 1. The Kier molecular flexibility index (Phi) is 9.38. The van der Waals surface area contributed by atoms with Crippen molar-refractivity contribution in [3.8, 4) is 0 Å². The van der Waals surface area contributed by atoms with Crippen LogP contribution in [0.4, 0.5) is 0 Å². The van der Waals surface area contributed by atoms with Gasteiger partial charge in [0.05, 0.1) is 22.4 Å². The number of amides is 2. The lowest BCUT2D eigenvalue weighted by Gasteiger charge is -2.22.